The molecule has 0 unspecified atom stereocenters. The largest absolute Gasteiger partial charge is 0.464 e. The van der Waals surface area contributed by atoms with E-state index in [0.717, 1.165) is 34.9 Å². The van der Waals surface area contributed by atoms with Crippen molar-refractivity contribution in [2.45, 2.75) is 19.3 Å². The molecule has 5 rings (SSSR count). The Morgan fingerprint density at radius 3 is 2.40 bits per heavy atom. The van der Waals surface area contributed by atoms with Crippen LogP contribution in [0.4, 0.5) is 0 Å². The fourth-order valence-electron chi connectivity index (χ4n) is 4.82. The van der Waals surface area contributed by atoms with Gasteiger partial charge in [-0.05, 0) is 36.5 Å². The summed E-state index contributed by atoms with van der Waals surface area (Å²) in [7, 11) is 0. The van der Waals surface area contributed by atoms with Crippen LogP contribution in [0.3, 0.4) is 0 Å². The summed E-state index contributed by atoms with van der Waals surface area (Å²) in [5, 5.41) is 1.10. The van der Waals surface area contributed by atoms with Gasteiger partial charge in [-0.25, -0.2) is 0 Å². The van der Waals surface area contributed by atoms with E-state index in [4.69, 9.17) is 13.9 Å². The number of para-hydroxylation sites is 1. The first-order valence-electron chi connectivity index (χ1n) is 10.8. The van der Waals surface area contributed by atoms with Crippen molar-refractivity contribution in [2.75, 3.05) is 39.5 Å². The SMILES string of the molecule is O=C(N1CCOCC1)C1(Cc2ccccc2-c2coc3ccccc23)CCOCC1. The molecule has 156 valence electrons. The number of hydrogen-bond acceptors (Lipinski definition) is 4. The maximum absolute atomic E-state index is 13.7. The van der Waals surface area contributed by atoms with Gasteiger partial charge in [-0.15, -0.1) is 0 Å². The molecule has 0 aliphatic carbocycles. The zero-order valence-electron chi connectivity index (χ0n) is 17.1. The van der Waals surface area contributed by atoms with Crippen LogP contribution in [0.15, 0.2) is 59.2 Å². The smallest absolute Gasteiger partial charge is 0.229 e. The van der Waals surface area contributed by atoms with Crippen molar-refractivity contribution >= 4 is 16.9 Å². The monoisotopic (exact) mass is 405 g/mol. The van der Waals surface area contributed by atoms with Crippen LogP contribution in [0, 0.1) is 5.41 Å². The zero-order chi connectivity index (χ0) is 20.4. The van der Waals surface area contributed by atoms with E-state index in [1.807, 2.05) is 29.4 Å². The third-order valence-electron chi connectivity index (χ3n) is 6.52. The van der Waals surface area contributed by atoms with E-state index < -0.39 is 5.41 Å². The second-order valence-corrected chi connectivity index (χ2v) is 8.28. The summed E-state index contributed by atoms with van der Waals surface area (Å²) in [5.74, 6) is 0.251. The van der Waals surface area contributed by atoms with E-state index in [0.29, 0.717) is 45.9 Å². The molecule has 2 aliphatic rings. The highest BCUT2D eigenvalue weighted by Gasteiger charge is 2.43. The summed E-state index contributed by atoms with van der Waals surface area (Å²) in [5.41, 5.74) is 3.87. The molecule has 2 aliphatic heterocycles. The molecule has 2 aromatic carbocycles. The van der Waals surface area contributed by atoms with Gasteiger partial charge in [0.25, 0.3) is 0 Å². The second-order valence-electron chi connectivity index (χ2n) is 8.28. The summed E-state index contributed by atoms with van der Waals surface area (Å²) < 4.78 is 16.9. The van der Waals surface area contributed by atoms with Crippen LogP contribution < -0.4 is 0 Å². The molecule has 5 nitrogen and oxygen atoms in total. The molecule has 30 heavy (non-hydrogen) atoms. The van der Waals surface area contributed by atoms with Crippen molar-refractivity contribution in [3.8, 4) is 11.1 Å². The minimum absolute atomic E-state index is 0.251. The van der Waals surface area contributed by atoms with Crippen LogP contribution >= 0.6 is 0 Å². The van der Waals surface area contributed by atoms with Crippen molar-refractivity contribution < 1.29 is 18.7 Å². The number of rotatable bonds is 4. The van der Waals surface area contributed by atoms with E-state index in [-0.39, 0.29) is 5.91 Å². The van der Waals surface area contributed by atoms with Gasteiger partial charge in [0.05, 0.1) is 24.9 Å². The average molecular weight is 405 g/mol. The molecule has 0 atom stereocenters. The van der Waals surface area contributed by atoms with Crippen LogP contribution in [0.5, 0.6) is 0 Å². The molecule has 3 aromatic rings. The Balaban J connectivity index is 1.52. The quantitative estimate of drug-likeness (QED) is 0.650. The highest BCUT2D eigenvalue weighted by Crippen LogP contribution is 2.40. The van der Waals surface area contributed by atoms with Crippen LogP contribution in [0.25, 0.3) is 22.1 Å². The minimum Gasteiger partial charge on any atom is -0.464 e. The third kappa shape index (κ3) is 3.53. The number of morpholine rings is 1. The molecule has 2 saturated heterocycles. The predicted octanol–water partition coefficient (Wildman–Crippen LogP) is 4.30. The van der Waals surface area contributed by atoms with Crippen molar-refractivity contribution in [1.29, 1.82) is 0 Å². The van der Waals surface area contributed by atoms with Gasteiger partial charge in [-0.1, -0.05) is 42.5 Å². The molecule has 0 saturated carbocycles. The molecule has 3 heterocycles. The number of hydrogen-bond donors (Lipinski definition) is 0. The molecule has 2 fully saturated rings. The summed E-state index contributed by atoms with van der Waals surface area (Å²) in [6.07, 6.45) is 4.06. The molecule has 0 N–H and O–H groups in total. The van der Waals surface area contributed by atoms with E-state index in [1.54, 1.807) is 0 Å². The normalized spacial score (nSPS) is 19.1. The molecule has 0 radical (unpaired) electrons. The Hall–Kier alpha value is -2.63. The Labute approximate surface area is 176 Å². The van der Waals surface area contributed by atoms with Crippen LogP contribution in [-0.2, 0) is 20.7 Å². The summed E-state index contributed by atoms with van der Waals surface area (Å²) in [6, 6.07) is 16.5. The average Bonchev–Trinajstić information content (AvgIpc) is 3.24. The molecule has 1 amide bonds. The zero-order valence-corrected chi connectivity index (χ0v) is 17.1. The first kappa shape index (κ1) is 19.3. The first-order chi connectivity index (χ1) is 14.8. The van der Waals surface area contributed by atoms with Gasteiger partial charge in [0.15, 0.2) is 0 Å². The fourth-order valence-corrected chi connectivity index (χ4v) is 4.82. The van der Waals surface area contributed by atoms with Crippen molar-refractivity contribution in [3.05, 3.63) is 60.4 Å². The summed E-state index contributed by atoms with van der Waals surface area (Å²) in [4.78, 5) is 15.7. The minimum atomic E-state index is -0.425. The maximum atomic E-state index is 13.7. The number of furan rings is 1. The van der Waals surface area contributed by atoms with Crippen molar-refractivity contribution in [1.82, 2.24) is 4.90 Å². The van der Waals surface area contributed by atoms with E-state index in [1.165, 1.54) is 5.56 Å². The highest BCUT2D eigenvalue weighted by atomic mass is 16.5. The number of benzene rings is 2. The van der Waals surface area contributed by atoms with Gasteiger partial charge in [-0.3, -0.25) is 4.79 Å². The third-order valence-corrected chi connectivity index (χ3v) is 6.52. The lowest BCUT2D eigenvalue weighted by molar-refractivity contribution is -0.152. The Morgan fingerprint density at radius 2 is 1.57 bits per heavy atom. The molecular weight excluding hydrogens is 378 g/mol. The fraction of sp³-hybridized carbons (Fsp3) is 0.400. The Morgan fingerprint density at radius 1 is 0.867 bits per heavy atom. The Kier molecular flexibility index (Phi) is 5.32. The van der Waals surface area contributed by atoms with E-state index in [2.05, 4.69) is 30.3 Å². The molecule has 5 heteroatoms. The van der Waals surface area contributed by atoms with Gasteiger partial charge in [0, 0.05) is 37.3 Å². The molecule has 0 bridgehead atoms. The van der Waals surface area contributed by atoms with Crippen LogP contribution in [0.2, 0.25) is 0 Å². The van der Waals surface area contributed by atoms with Gasteiger partial charge in [-0.2, -0.15) is 0 Å². The van der Waals surface area contributed by atoms with Crippen molar-refractivity contribution in [3.63, 3.8) is 0 Å². The standard InChI is InChI=1S/C25H27NO4/c27-24(26-11-15-29-16-12-26)25(9-13-28-14-10-25)17-19-5-1-2-6-20(19)22-18-30-23-8-4-3-7-21(22)23/h1-8,18H,9-17H2. The number of carbonyl (C=O) groups excluding carboxylic acids is 1. The number of nitrogens with zero attached hydrogens (tertiary/aromatic N) is 1. The van der Waals surface area contributed by atoms with Crippen LogP contribution in [-0.4, -0.2) is 50.3 Å². The molecular formula is C25H27NO4. The maximum Gasteiger partial charge on any atom is 0.229 e. The van der Waals surface area contributed by atoms with Crippen molar-refractivity contribution in [2.24, 2.45) is 5.41 Å². The van der Waals surface area contributed by atoms with Gasteiger partial charge in [0.1, 0.15) is 5.58 Å². The number of amides is 1. The number of ether oxygens (including phenoxy) is 2. The predicted molar refractivity (Wildman–Crippen MR) is 115 cm³/mol. The molecule has 0 spiro atoms. The van der Waals surface area contributed by atoms with Gasteiger partial charge >= 0.3 is 0 Å². The summed E-state index contributed by atoms with van der Waals surface area (Å²) >= 11 is 0. The van der Waals surface area contributed by atoms with Crippen LogP contribution in [0.1, 0.15) is 18.4 Å². The van der Waals surface area contributed by atoms with Gasteiger partial charge in [0.2, 0.25) is 5.91 Å². The molecule has 1 aromatic heterocycles. The first-order valence-corrected chi connectivity index (χ1v) is 10.8. The van der Waals surface area contributed by atoms with E-state index in [9.17, 15) is 4.79 Å². The van der Waals surface area contributed by atoms with Gasteiger partial charge < -0.3 is 18.8 Å². The number of carbonyl (C=O) groups is 1. The summed E-state index contributed by atoms with van der Waals surface area (Å²) in [6.45, 7) is 3.86. The van der Waals surface area contributed by atoms with E-state index >= 15 is 0 Å². The second kappa shape index (κ2) is 8.25. The highest BCUT2D eigenvalue weighted by molar-refractivity contribution is 5.95. The topological polar surface area (TPSA) is 51.9 Å². The lowest BCUT2D eigenvalue weighted by Gasteiger charge is -2.41. The lowest BCUT2D eigenvalue weighted by Crippen LogP contribution is -2.51. The lowest BCUT2D eigenvalue weighted by atomic mass is 9.73. The Bertz CT molecular complexity index is 1030. The number of fused-ring (bicyclic) bond motifs is 1.